The van der Waals surface area contributed by atoms with Gasteiger partial charge in [0.1, 0.15) is 18.1 Å². The fourth-order valence-corrected chi connectivity index (χ4v) is 2.87. The Morgan fingerprint density at radius 3 is 1.79 bits per heavy atom. The van der Waals surface area contributed by atoms with E-state index in [4.69, 9.17) is 16.6 Å². The second-order valence-corrected chi connectivity index (χ2v) is 8.53. The smallest absolute Gasteiger partial charge is 0.326 e. The molecule has 0 aromatic rings. The lowest BCUT2D eigenvalue weighted by Crippen LogP contribution is -2.58. The van der Waals surface area contributed by atoms with Crippen LogP contribution in [0.15, 0.2) is 0 Å². The van der Waals surface area contributed by atoms with Crippen molar-refractivity contribution in [2.75, 3.05) is 0 Å². The number of nitrogens with one attached hydrogen (secondary N) is 3. The average molecular weight is 474 g/mol. The Kier molecular flexibility index (Phi) is 12.7. The van der Waals surface area contributed by atoms with Crippen LogP contribution in [0.5, 0.6) is 0 Å². The third-order valence-electron chi connectivity index (χ3n) is 4.61. The Bertz CT molecular complexity index is 740. The number of aliphatic carboxylic acids is 2. The first-order valence-corrected chi connectivity index (χ1v) is 10.5. The summed E-state index contributed by atoms with van der Waals surface area (Å²) in [5, 5.41) is 25.2. The van der Waals surface area contributed by atoms with Gasteiger partial charge in [-0.2, -0.15) is 0 Å². The molecule has 0 heterocycles. The molecular weight excluding hydrogens is 438 g/mol. The maximum absolute atomic E-state index is 12.9. The van der Waals surface area contributed by atoms with Gasteiger partial charge in [-0.25, -0.2) is 4.79 Å². The molecule has 4 unspecified atom stereocenters. The first-order chi connectivity index (χ1) is 15.1. The van der Waals surface area contributed by atoms with E-state index in [1.165, 1.54) is 0 Å². The monoisotopic (exact) mass is 473 g/mol. The molecule has 4 atom stereocenters. The zero-order valence-electron chi connectivity index (χ0n) is 19.3. The van der Waals surface area contributed by atoms with Crippen molar-refractivity contribution in [3.63, 3.8) is 0 Å². The molecule has 0 bridgehead atoms. The predicted molar refractivity (Wildman–Crippen MR) is 116 cm³/mol. The predicted octanol–water partition coefficient (Wildman–Crippen LogP) is -1.70. The molecule has 9 N–H and O–H groups in total. The molecule has 0 aliphatic carbocycles. The third-order valence-corrected chi connectivity index (χ3v) is 4.61. The highest BCUT2D eigenvalue weighted by atomic mass is 16.4. The first kappa shape index (κ1) is 29.8. The lowest BCUT2D eigenvalue weighted by atomic mass is 9.99. The topological polar surface area (TPSA) is 231 Å². The van der Waals surface area contributed by atoms with Gasteiger partial charge in [0.2, 0.25) is 23.6 Å². The van der Waals surface area contributed by atoms with Crippen LogP contribution in [-0.2, 0) is 28.8 Å². The van der Waals surface area contributed by atoms with E-state index in [2.05, 4.69) is 16.0 Å². The van der Waals surface area contributed by atoms with Crippen LogP contribution in [-0.4, -0.2) is 69.9 Å². The van der Waals surface area contributed by atoms with Crippen LogP contribution >= 0.6 is 0 Å². The Balaban J connectivity index is 5.45. The highest BCUT2D eigenvalue weighted by molar-refractivity contribution is 5.95. The number of carboxylic acid groups (broad SMARTS) is 2. The van der Waals surface area contributed by atoms with Gasteiger partial charge in [0.05, 0.1) is 12.5 Å². The van der Waals surface area contributed by atoms with Crippen LogP contribution in [0.3, 0.4) is 0 Å². The zero-order chi connectivity index (χ0) is 25.9. The molecule has 0 aromatic carbocycles. The molecule has 0 aromatic heterocycles. The Labute approximate surface area is 192 Å². The van der Waals surface area contributed by atoms with Gasteiger partial charge in [-0.3, -0.25) is 24.0 Å². The molecule has 0 rings (SSSR count). The van der Waals surface area contributed by atoms with E-state index in [0.717, 1.165) is 0 Å². The fourth-order valence-electron chi connectivity index (χ4n) is 2.87. The standard InChI is InChI=1S/C20H35N5O8/c1-9(2)7-13(18(30)23-12(20(32)33)5-6-15(27)28)24-19(31)16(10(3)4)25-17(29)11(21)8-14(22)26/h9-13,16H,5-8,21H2,1-4H3,(H2,22,26)(H,23,30)(H,24,31)(H,25,29)(H,27,28)(H,32,33). The maximum Gasteiger partial charge on any atom is 0.326 e. The molecule has 0 fully saturated rings. The number of primary amides is 1. The number of amides is 4. The molecule has 0 saturated heterocycles. The van der Waals surface area contributed by atoms with E-state index in [1.807, 2.05) is 0 Å². The largest absolute Gasteiger partial charge is 0.481 e. The van der Waals surface area contributed by atoms with E-state index in [1.54, 1.807) is 27.7 Å². The molecule has 0 spiro atoms. The van der Waals surface area contributed by atoms with Gasteiger partial charge >= 0.3 is 11.9 Å². The average Bonchev–Trinajstić information content (AvgIpc) is 2.66. The highest BCUT2D eigenvalue weighted by Gasteiger charge is 2.32. The molecule has 0 saturated carbocycles. The first-order valence-electron chi connectivity index (χ1n) is 10.5. The fraction of sp³-hybridized carbons (Fsp3) is 0.700. The number of carboxylic acids is 2. The van der Waals surface area contributed by atoms with E-state index in [-0.39, 0.29) is 18.8 Å². The summed E-state index contributed by atoms with van der Waals surface area (Å²) in [6, 6.07) is -4.94. The van der Waals surface area contributed by atoms with Crippen molar-refractivity contribution in [1.82, 2.24) is 16.0 Å². The number of carbonyl (C=O) groups excluding carboxylic acids is 4. The summed E-state index contributed by atoms with van der Waals surface area (Å²) in [7, 11) is 0. The maximum atomic E-state index is 12.9. The molecule has 0 aliphatic rings. The Hall–Kier alpha value is -3.22. The second-order valence-electron chi connectivity index (χ2n) is 8.53. The minimum atomic E-state index is -1.45. The van der Waals surface area contributed by atoms with Gasteiger partial charge in [0.15, 0.2) is 0 Å². The molecule has 4 amide bonds. The van der Waals surface area contributed by atoms with E-state index in [0.29, 0.717) is 0 Å². The van der Waals surface area contributed by atoms with E-state index in [9.17, 15) is 33.9 Å². The minimum absolute atomic E-state index is 0.0700. The van der Waals surface area contributed by atoms with E-state index >= 15 is 0 Å². The summed E-state index contributed by atoms with van der Waals surface area (Å²) >= 11 is 0. The summed E-state index contributed by atoms with van der Waals surface area (Å²) in [5.41, 5.74) is 10.6. The second kappa shape index (κ2) is 14.0. The summed E-state index contributed by atoms with van der Waals surface area (Å²) < 4.78 is 0. The van der Waals surface area contributed by atoms with Crippen molar-refractivity contribution in [1.29, 1.82) is 0 Å². The van der Waals surface area contributed by atoms with Crippen LogP contribution in [0, 0.1) is 11.8 Å². The summed E-state index contributed by atoms with van der Waals surface area (Å²) in [5.74, 6) is -6.17. The normalized spacial score (nSPS) is 14.6. The summed E-state index contributed by atoms with van der Waals surface area (Å²) in [6.07, 6.45) is -1.06. The minimum Gasteiger partial charge on any atom is -0.481 e. The van der Waals surface area contributed by atoms with Crippen LogP contribution in [0.25, 0.3) is 0 Å². The van der Waals surface area contributed by atoms with Crippen LogP contribution in [0.2, 0.25) is 0 Å². The molecule has 0 aliphatic heterocycles. The van der Waals surface area contributed by atoms with Gasteiger partial charge in [-0.15, -0.1) is 0 Å². The zero-order valence-corrected chi connectivity index (χ0v) is 19.3. The van der Waals surface area contributed by atoms with Gasteiger partial charge in [0, 0.05) is 6.42 Å². The van der Waals surface area contributed by atoms with E-state index < -0.39 is 78.5 Å². The van der Waals surface area contributed by atoms with Gasteiger partial charge in [-0.05, 0) is 24.7 Å². The third kappa shape index (κ3) is 11.8. The molecule has 13 nitrogen and oxygen atoms in total. The van der Waals surface area contributed by atoms with Crippen molar-refractivity contribution < 1.29 is 39.0 Å². The van der Waals surface area contributed by atoms with Gasteiger partial charge < -0.3 is 37.6 Å². The molecule has 188 valence electrons. The summed E-state index contributed by atoms with van der Waals surface area (Å²) in [6.45, 7) is 6.87. The van der Waals surface area contributed by atoms with Crippen LogP contribution in [0.4, 0.5) is 0 Å². The van der Waals surface area contributed by atoms with Gasteiger partial charge in [-0.1, -0.05) is 27.7 Å². The van der Waals surface area contributed by atoms with Crippen LogP contribution < -0.4 is 27.4 Å². The lowest BCUT2D eigenvalue weighted by Gasteiger charge is -2.27. The quantitative estimate of drug-likeness (QED) is 0.143. The number of rotatable bonds is 15. The highest BCUT2D eigenvalue weighted by Crippen LogP contribution is 2.09. The number of hydrogen-bond donors (Lipinski definition) is 7. The molecule has 33 heavy (non-hydrogen) atoms. The Morgan fingerprint density at radius 1 is 0.818 bits per heavy atom. The van der Waals surface area contributed by atoms with Crippen LogP contribution in [0.1, 0.15) is 53.4 Å². The van der Waals surface area contributed by atoms with Gasteiger partial charge in [0.25, 0.3) is 0 Å². The number of hydrogen-bond acceptors (Lipinski definition) is 7. The molecule has 13 heteroatoms. The van der Waals surface area contributed by atoms with Crippen molar-refractivity contribution >= 4 is 35.6 Å². The Morgan fingerprint density at radius 2 is 1.36 bits per heavy atom. The molecule has 0 radical (unpaired) electrons. The SMILES string of the molecule is CC(C)CC(NC(=O)C(NC(=O)C(N)CC(N)=O)C(C)C)C(=O)NC(CCC(=O)O)C(=O)O. The summed E-state index contributed by atoms with van der Waals surface area (Å²) in [4.78, 5) is 70.9. The van der Waals surface area contributed by atoms with Crippen molar-refractivity contribution in [2.24, 2.45) is 23.3 Å². The lowest BCUT2D eigenvalue weighted by molar-refractivity contribution is -0.143. The van der Waals surface area contributed by atoms with Crippen molar-refractivity contribution in [2.45, 2.75) is 77.5 Å². The number of nitrogens with two attached hydrogens (primary N) is 2. The molecular formula is C20H35N5O8. The van der Waals surface area contributed by atoms with Crippen molar-refractivity contribution in [3.05, 3.63) is 0 Å². The van der Waals surface area contributed by atoms with Crippen molar-refractivity contribution in [3.8, 4) is 0 Å². The number of carbonyl (C=O) groups is 6.